The standard InChI is InChI=1S/C21H14O/c1-15(21-14-18-8-3-5-12-20(18)22-21)13-17-10-6-9-16-7-2-4-11-19(16)17/h2-5,7-9,11-14H,1H3/b15-13+. The Labute approximate surface area is 129 Å². The summed E-state index contributed by atoms with van der Waals surface area (Å²) in [4.78, 5) is 0. The summed E-state index contributed by atoms with van der Waals surface area (Å²) in [6, 6.07) is 18.4. The van der Waals surface area contributed by atoms with E-state index in [2.05, 4.69) is 48.7 Å². The molecular formula is C21H14O. The molecule has 1 nitrogen and oxygen atoms in total. The third kappa shape index (κ3) is 2.16. The number of rotatable bonds is 2. The first kappa shape index (κ1) is 12.7. The molecule has 0 atom stereocenters. The highest BCUT2D eigenvalue weighted by Gasteiger charge is 2.09. The van der Waals surface area contributed by atoms with Crippen LogP contribution in [0.5, 0.6) is 0 Å². The van der Waals surface area contributed by atoms with Crippen LogP contribution < -0.4 is 0 Å². The Balaban J connectivity index is 1.79. The summed E-state index contributed by atoms with van der Waals surface area (Å²) < 4.78 is 5.92. The minimum atomic E-state index is 0.891. The SMILES string of the molecule is C/C(=C\C1=C=C=Cc2ccccc21)c1cc2ccccc2o1. The second kappa shape index (κ2) is 5.09. The number of hydrogen-bond acceptors (Lipinski definition) is 1. The molecule has 2 aromatic carbocycles. The molecule has 1 aromatic heterocycles. The van der Waals surface area contributed by atoms with Crippen LogP contribution >= 0.6 is 0 Å². The van der Waals surface area contributed by atoms with E-state index in [9.17, 15) is 0 Å². The largest absolute Gasteiger partial charge is 0.456 e. The zero-order chi connectivity index (χ0) is 14.9. The third-order valence-electron chi connectivity index (χ3n) is 3.86. The molecule has 0 saturated heterocycles. The second-order valence-electron chi connectivity index (χ2n) is 5.39. The molecule has 1 heteroatoms. The molecule has 0 spiro atoms. The molecule has 1 aliphatic rings. The molecule has 0 amide bonds. The molecule has 1 aliphatic carbocycles. The molecule has 0 fully saturated rings. The smallest absolute Gasteiger partial charge is 0.134 e. The van der Waals surface area contributed by atoms with Crippen molar-refractivity contribution in [3.63, 3.8) is 0 Å². The number of benzene rings is 2. The predicted molar refractivity (Wildman–Crippen MR) is 91.2 cm³/mol. The van der Waals surface area contributed by atoms with Gasteiger partial charge in [-0.15, -0.1) is 0 Å². The molecule has 0 aliphatic heterocycles. The summed E-state index contributed by atoms with van der Waals surface area (Å²) in [5, 5.41) is 1.12. The average Bonchev–Trinajstić information content (AvgIpc) is 2.99. The Hall–Kier alpha value is -2.98. The van der Waals surface area contributed by atoms with Crippen molar-refractivity contribution in [2.75, 3.05) is 0 Å². The lowest BCUT2D eigenvalue weighted by Crippen LogP contribution is -1.88. The molecule has 0 N–H and O–H groups in total. The van der Waals surface area contributed by atoms with Crippen LogP contribution in [0.4, 0.5) is 0 Å². The Morgan fingerprint density at radius 3 is 2.77 bits per heavy atom. The van der Waals surface area contributed by atoms with Crippen LogP contribution in [-0.4, -0.2) is 0 Å². The van der Waals surface area contributed by atoms with Crippen LogP contribution in [0.15, 0.2) is 76.6 Å². The number of fused-ring (bicyclic) bond motifs is 2. The molecule has 1 heterocycles. The third-order valence-corrected chi connectivity index (χ3v) is 3.86. The Kier molecular flexibility index (Phi) is 2.95. The van der Waals surface area contributed by atoms with Gasteiger partial charge in [0.05, 0.1) is 0 Å². The van der Waals surface area contributed by atoms with Gasteiger partial charge in [0.15, 0.2) is 0 Å². The Morgan fingerprint density at radius 1 is 1.05 bits per heavy atom. The highest BCUT2D eigenvalue weighted by molar-refractivity contribution is 5.89. The number of allylic oxidation sites excluding steroid dienone is 3. The fourth-order valence-electron chi connectivity index (χ4n) is 2.70. The first-order valence-electron chi connectivity index (χ1n) is 7.29. The van der Waals surface area contributed by atoms with E-state index in [-0.39, 0.29) is 0 Å². The van der Waals surface area contributed by atoms with E-state index in [1.54, 1.807) is 0 Å². The van der Waals surface area contributed by atoms with Crippen molar-refractivity contribution in [1.82, 2.24) is 0 Å². The van der Waals surface area contributed by atoms with E-state index in [0.717, 1.165) is 27.9 Å². The lowest BCUT2D eigenvalue weighted by molar-refractivity contribution is 0.599. The van der Waals surface area contributed by atoms with Crippen LogP contribution in [0.3, 0.4) is 0 Å². The summed E-state index contributed by atoms with van der Waals surface area (Å²) in [5.74, 6) is 0.891. The van der Waals surface area contributed by atoms with Crippen LogP contribution in [0, 0.1) is 0 Å². The number of hydrogen-bond donors (Lipinski definition) is 0. The molecular weight excluding hydrogens is 268 g/mol. The van der Waals surface area contributed by atoms with E-state index in [0.29, 0.717) is 0 Å². The van der Waals surface area contributed by atoms with Gasteiger partial charge in [-0.3, -0.25) is 0 Å². The molecule has 104 valence electrons. The van der Waals surface area contributed by atoms with E-state index < -0.39 is 0 Å². The first-order valence-corrected chi connectivity index (χ1v) is 7.29. The predicted octanol–water partition coefficient (Wildman–Crippen LogP) is 5.70. The monoisotopic (exact) mass is 282 g/mol. The zero-order valence-electron chi connectivity index (χ0n) is 12.3. The molecule has 3 aromatic rings. The lowest BCUT2D eigenvalue weighted by atomic mass is 9.96. The van der Waals surface area contributed by atoms with Gasteiger partial charge in [-0.2, -0.15) is 0 Å². The van der Waals surface area contributed by atoms with Gasteiger partial charge in [0.2, 0.25) is 0 Å². The Morgan fingerprint density at radius 2 is 1.86 bits per heavy atom. The maximum Gasteiger partial charge on any atom is 0.134 e. The van der Waals surface area contributed by atoms with Gasteiger partial charge in [-0.25, -0.2) is 0 Å². The quantitative estimate of drug-likeness (QED) is 0.549. The molecule has 0 bridgehead atoms. The van der Waals surface area contributed by atoms with Gasteiger partial charge in [0, 0.05) is 11.0 Å². The topological polar surface area (TPSA) is 13.1 Å². The molecule has 0 saturated carbocycles. The zero-order valence-corrected chi connectivity index (χ0v) is 12.3. The average molecular weight is 282 g/mol. The van der Waals surface area contributed by atoms with Crippen molar-refractivity contribution >= 4 is 28.2 Å². The minimum Gasteiger partial charge on any atom is -0.456 e. The van der Waals surface area contributed by atoms with Crippen LogP contribution in [0.25, 0.3) is 28.2 Å². The fourth-order valence-corrected chi connectivity index (χ4v) is 2.70. The summed E-state index contributed by atoms with van der Waals surface area (Å²) in [5.41, 5.74) is 11.7. The maximum absolute atomic E-state index is 5.92. The summed E-state index contributed by atoms with van der Waals surface area (Å²) >= 11 is 0. The van der Waals surface area contributed by atoms with Gasteiger partial charge in [0.1, 0.15) is 11.3 Å². The number of para-hydroxylation sites is 1. The molecule has 22 heavy (non-hydrogen) atoms. The van der Waals surface area contributed by atoms with Crippen LogP contribution in [0.1, 0.15) is 23.8 Å². The minimum absolute atomic E-state index is 0.891. The van der Waals surface area contributed by atoms with Gasteiger partial charge in [-0.1, -0.05) is 53.9 Å². The first-order chi connectivity index (χ1) is 10.8. The fraction of sp³-hybridized carbons (Fsp3) is 0.0476. The maximum atomic E-state index is 5.92. The van der Waals surface area contributed by atoms with Gasteiger partial charge in [0.25, 0.3) is 0 Å². The normalized spacial score (nSPS) is 13.3. The highest BCUT2D eigenvalue weighted by atomic mass is 16.3. The van der Waals surface area contributed by atoms with E-state index in [1.807, 2.05) is 36.4 Å². The molecule has 0 radical (unpaired) electrons. The van der Waals surface area contributed by atoms with Crippen molar-refractivity contribution in [3.05, 3.63) is 89.0 Å². The molecule has 4 rings (SSSR count). The van der Waals surface area contributed by atoms with E-state index >= 15 is 0 Å². The second-order valence-corrected chi connectivity index (χ2v) is 5.39. The Bertz CT molecular complexity index is 968. The van der Waals surface area contributed by atoms with Gasteiger partial charge in [-0.05, 0) is 47.9 Å². The lowest BCUT2D eigenvalue weighted by Gasteiger charge is -2.07. The van der Waals surface area contributed by atoms with Gasteiger partial charge < -0.3 is 4.42 Å². The molecule has 0 unspecified atom stereocenters. The van der Waals surface area contributed by atoms with Crippen molar-refractivity contribution in [1.29, 1.82) is 0 Å². The van der Waals surface area contributed by atoms with Crippen molar-refractivity contribution in [2.45, 2.75) is 6.92 Å². The van der Waals surface area contributed by atoms with E-state index in [1.165, 1.54) is 11.1 Å². The van der Waals surface area contributed by atoms with Crippen LogP contribution in [-0.2, 0) is 0 Å². The van der Waals surface area contributed by atoms with Crippen LogP contribution in [0.2, 0.25) is 0 Å². The van der Waals surface area contributed by atoms with Crippen molar-refractivity contribution in [2.24, 2.45) is 0 Å². The van der Waals surface area contributed by atoms with Gasteiger partial charge >= 0.3 is 0 Å². The highest BCUT2D eigenvalue weighted by Crippen LogP contribution is 2.29. The number of furan rings is 1. The summed E-state index contributed by atoms with van der Waals surface area (Å²) in [7, 11) is 0. The van der Waals surface area contributed by atoms with Crippen molar-refractivity contribution < 1.29 is 4.42 Å². The van der Waals surface area contributed by atoms with Crippen molar-refractivity contribution in [3.8, 4) is 0 Å². The summed E-state index contributed by atoms with van der Waals surface area (Å²) in [6.07, 6.45) is 4.07. The van der Waals surface area contributed by atoms with E-state index in [4.69, 9.17) is 4.42 Å². The summed E-state index contributed by atoms with van der Waals surface area (Å²) in [6.45, 7) is 2.06.